The normalized spacial score (nSPS) is 13.8. The summed E-state index contributed by atoms with van der Waals surface area (Å²) in [5, 5.41) is 8.05. The molecule has 3 rings (SSSR count). The lowest BCUT2D eigenvalue weighted by molar-refractivity contribution is 0.583. The molecule has 2 aromatic rings. The maximum absolute atomic E-state index is 13.9. The Morgan fingerprint density at radius 1 is 1.16 bits per heavy atom. The maximum atomic E-state index is 13.9. The molecule has 0 aliphatic carbocycles. The van der Waals surface area contributed by atoms with Crippen LogP contribution in [0.3, 0.4) is 0 Å². The summed E-state index contributed by atoms with van der Waals surface area (Å²) in [5.74, 6) is -1.32. The number of hydrogen-bond donors (Lipinski definition) is 1. The molecule has 0 atom stereocenters. The van der Waals surface area contributed by atoms with Crippen LogP contribution in [-0.2, 0) is 6.54 Å². The van der Waals surface area contributed by atoms with Gasteiger partial charge in [0.2, 0.25) is 0 Å². The van der Waals surface area contributed by atoms with E-state index < -0.39 is 11.6 Å². The van der Waals surface area contributed by atoms with E-state index in [4.69, 9.17) is 17.0 Å². The van der Waals surface area contributed by atoms with Crippen molar-refractivity contribution in [2.24, 2.45) is 0 Å². The zero-order valence-corrected chi connectivity index (χ0v) is 10.5. The predicted octanol–water partition coefficient (Wildman–Crippen LogP) is 3.96. The fraction of sp³-hybridized carbons (Fsp3) is 0.0714. The number of fused-ring (bicyclic) bond motifs is 1. The monoisotopic (exact) mass is 278 g/mol. The molecule has 0 aromatic heterocycles. The molecule has 0 unspecified atom stereocenters. The van der Waals surface area contributed by atoms with Gasteiger partial charge in [0.25, 0.3) is 0 Å². The van der Waals surface area contributed by atoms with E-state index in [2.05, 4.69) is 0 Å². The highest BCUT2D eigenvalue weighted by molar-refractivity contribution is 6.34. The fourth-order valence-corrected chi connectivity index (χ4v) is 2.56. The number of hydrogen-bond acceptors (Lipinski definition) is 1. The van der Waals surface area contributed by atoms with Crippen LogP contribution in [0.1, 0.15) is 11.1 Å². The zero-order chi connectivity index (χ0) is 13.6. The van der Waals surface area contributed by atoms with Crippen molar-refractivity contribution >= 4 is 23.1 Å². The van der Waals surface area contributed by atoms with E-state index in [9.17, 15) is 8.78 Å². The van der Waals surface area contributed by atoms with Crippen molar-refractivity contribution in [2.45, 2.75) is 6.54 Å². The van der Waals surface area contributed by atoms with Gasteiger partial charge in [-0.1, -0.05) is 35.9 Å². The van der Waals surface area contributed by atoms with Crippen molar-refractivity contribution < 1.29 is 8.78 Å². The molecule has 0 fully saturated rings. The molecule has 96 valence electrons. The van der Waals surface area contributed by atoms with Gasteiger partial charge in [0.15, 0.2) is 5.82 Å². The topological polar surface area (TPSA) is 27.1 Å². The van der Waals surface area contributed by atoms with Crippen LogP contribution < -0.4 is 4.90 Å². The molecule has 0 spiro atoms. The van der Waals surface area contributed by atoms with Gasteiger partial charge in [-0.15, -0.1) is 0 Å². The number of nitrogens with one attached hydrogen (secondary N) is 1. The molecule has 19 heavy (non-hydrogen) atoms. The number of nitrogens with zero attached hydrogens (tertiary/aromatic N) is 1. The Hall–Kier alpha value is -1.94. The van der Waals surface area contributed by atoms with Crippen LogP contribution in [0, 0.1) is 17.0 Å². The van der Waals surface area contributed by atoms with Crippen molar-refractivity contribution in [2.75, 3.05) is 4.90 Å². The lowest BCUT2D eigenvalue weighted by Gasteiger charge is -2.20. The second-order valence-corrected chi connectivity index (χ2v) is 4.72. The average molecular weight is 279 g/mol. The Kier molecular flexibility index (Phi) is 2.75. The summed E-state index contributed by atoms with van der Waals surface area (Å²) in [4.78, 5) is 1.45. The third-order valence-electron chi connectivity index (χ3n) is 3.12. The van der Waals surface area contributed by atoms with Crippen molar-refractivity contribution in [3.8, 4) is 0 Å². The zero-order valence-electron chi connectivity index (χ0n) is 9.75. The molecule has 1 aliphatic heterocycles. The van der Waals surface area contributed by atoms with Crippen LogP contribution in [0.15, 0.2) is 36.4 Å². The first-order chi connectivity index (χ1) is 9.08. The molecular formula is C14H9ClF2N2. The van der Waals surface area contributed by atoms with Gasteiger partial charge >= 0.3 is 0 Å². The van der Waals surface area contributed by atoms with Crippen molar-refractivity contribution in [3.63, 3.8) is 0 Å². The third kappa shape index (κ3) is 1.88. The molecule has 0 bridgehead atoms. The van der Waals surface area contributed by atoms with Gasteiger partial charge in [-0.25, -0.2) is 8.78 Å². The Bertz CT molecular complexity index is 662. The molecule has 1 aliphatic rings. The molecule has 1 N–H and O–H groups in total. The highest BCUT2D eigenvalue weighted by Gasteiger charge is 2.28. The van der Waals surface area contributed by atoms with Crippen LogP contribution in [-0.4, -0.2) is 5.84 Å². The second kappa shape index (κ2) is 4.31. The number of halogens is 3. The summed E-state index contributed by atoms with van der Waals surface area (Å²) in [6.07, 6.45) is 0. The highest BCUT2D eigenvalue weighted by Crippen LogP contribution is 2.35. The number of benzene rings is 2. The summed E-state index contributed by atoms with van der Waals surface area (Å²) < 4.78 is 27.0. The molecule has 0 radical (unpaired) electrons. The summed E-state index contributed by atoms with van der Waals surface area (Å²) in [6.45, 7) is 0.358. The largest absolute Gasteiger partial charge is 0.318 e. The fourth-order valence-electron chi connectivity index (χ4n) is 2.27. The molecular weight excluding hydrogens is 270 g/mol. The van der Waals surface area contributed by atoms with Crippen LogP contribution in [0.2, 0.25) is 5.02 Å². The summed E-state index contributed by atoms with van der Waals surface area (Å²) in [6, 6.07) is 9.18. The summed E-state index contributed by atoms with van der Waals surface area (Å²) in [5.41, 5.74) is 1.71. The summed E-state index contributed by atoms with van der Waals surface area (Å²) >= 11 is 5.90. The van der Waals surface area contributed by atoms with Crippen molar-refractivity contribution in [1.82, 2.24) is 0 Å². The minimum absolute atomic E-state index is 0.0324. The molecule has 0 saturated heterocycles. The molecule has 5 heteroatoms. The van der Waals surface area contributed by atoms with Gasteiger partial charge < -0.3 is 4.90 Å². The number of rotatable bonds is 1. The van der Waals surface area contributed by atoms with E-state index in [1.54, 1.807) is 6.07 Å². The highest BCUT2D eigenvalue weighted by atomic mass is 35.5. The molecule has 2 aromatic carbocycles. The minimum atomic E-state index is -0.762. The van der Waals surface area contributed by atoms with Crippen molar-refractivity contribution in [3.05, 3.63) is 64.2 Å². The first kappa shape index (κ1) is 12.1. The second-order valence-electron chi connectivity index (χ2n) is 4.31. The first-order valence-electron chi connectivity index (χ1n) is 5.67. The molecule has 0 amide bonds. The Morgan fingerprint density at radius 3 is 2.58 bits per heavy atom. The lowest BCUT2D eigenvalue weighted by atomic mass is 10.1. The average Bonchev–Trinajstić information content (AvgIpc) is 2.66. The van der Waals surface area contributed by atoms with Gasteiger partial charge in [-0.3, -0.25) is 5.41 Å². The minimum Gasteiger partial charge on any atom is -0.318 e. The first-order valence-corrected chi connectivity index (χ1v) is 6.04. The molecule has 0 saturated carbocycles. The number of anilines is 1. The Morgan fingerprint density at radius 2 is 1.89 bits per heavy atom. The van der Waals surface area contributed by atoms with E-state index >= 15 is 0 Å². The SMILES string of the molecule is N=C1c2ccccc2CN1c1c(F)cc(F)cc1Cl. The van der Waals surface area contributed by atoms with Crippen molar-refractivity contribution in [1.29, 1.82) is 5.41 Å². The quantitative estimate of drug-likeness (QED) is 0.840. The van der Waals surface area contributed by atoms with Crippen LogP contribution >= 0.6 is 11.6 Å². The Labute approximate surface area is 113 Å². The van der Waals surface area contributed by atoms with Gasteiger partial charge in [0, 0.05) is 11.6 Å². The standard InChI is InChI=1S/C14H9ClF2N2/c15-11-5-9(16)6-12(17)13(11)19-7-8-3-1-2-4-10(8)14(19)18/h1-6,18H,7H2. The maximum Gasteiger partial charge on any atom is 0.151 e. The van der Waals surface area contributed by atoms with Gasteiger partial charge in [-0.2, -0.15) is 0 Å². The van der Waals surface area contributed by atoms with E-state index in [1.807, 2.05) is 18.2 Å². The van der Waals surface area contributed by atoms with Crippen LogP contribution in [0.4, 0.5) is 14.5 Å². The van der Waals surface area contributed by atoms with Gasteiger partial charge in [0.05, 0.1) is 17.3 Å². The van der Waals surface area contributed by atoms with Crippen LogP contribution in [0.5, 0.6) is 0 Å². The molecule has 1 heterocycles. The number of amidine groups is 1. The molecule has 2 nitrogen and oxygen atoms in total. The predicted molar refractivity (Wildman–Crippen MR) is 70.8 cm³/mol. The van der Waals surface area contributed by atoms with E-state index in [0.29, 0.717) is 6.54 Å². The Balaban J connectivity index is 2.10. The van der Waals surface area contributed by atoms with E-state index in [1.165, 1.54) is 4.90 Å². The van der Waals surface area contributed by atoms with Gasteiger partial charge in [0.1, 0.15) is 11.7 Å². The summed E-state index contributed by atoms with van der Waals surface area (Å²) in [7, 11) is 0. The lowest BCUT2D eigenvalue weighted by Crippen LogP contribution is -2.24. The third-order valence-corrected chi connectivity index (χ3v) is 3.41. The van der Waals surface area contributed by atoms with E-state index in [-0.39, 0.29) is 16.5 Å². The smallest absolute Gasteiger partial charge is 0.151 e. The van der Waals surface area contributed by atoms with Crippen LogP contribution in [0.25, 0.3) is 0 Å². The van der Waals surface area contributed by atoms with Gasteiger partial charge in [-0.05, 0) is 11.6 Å². The van der Waals surface area contributed by atoms with E-state index in [0.717, 1.165) is 23.3 Å².